The second kappa shape index (κ2) is 11.1. The van der Waals surface area contributed by atoms with E-state index in [4.69, 9.17) is 22.1 Å². The van der Waals surface area contributed by atoms with Gasteiger partial charge in [0.15, 0.2) is 5.13 Å². The summed E-state index contributed by atoms with van der Waals surface area (Å²) in [6.07, 6.45) is 3.26. The quantitative estimate of drug-likeness (QED) is 0.232. The fourth-order valence-electron chi connectivity index (χ4n) is 2.69. The predicted octanol–water partition coefficient (Wildman–Crippen LogP) is 3.87. The minimum absolute atomic E-state index is 0.0451. The first-order chi connectivity index (χ1) is 15.6. The number of pyridine rings is 2. The molecule has 3 rings (SSSR count). The van der Waals surface area contributed by atoms with Crippen molar-refractivity contribution in [1.29, 1.82) is 5.26 Å². The van der Waals surface area contributed by atoms with E-state index in [9.17, 15) is 5.26 Å². The number of thioether (sulfide) groups is 1. The number of ether oxygens (including phenoxy) is 1. The summed E-state index contributed by atoms with van der Waals surface area (Å²) in [6, 6.07) is 5.47. The average molecular weight is 466 g/mol. The molecule has 3 aromatic heterocycles. The van der Waals surface area contributed by atoms with E-state index in [1.807, 2.05) is 5.38 Å². The summed E-state index contributed by atoms with van der Waals surface area (Å²) >= 11 is 2.81. The number of hydrogen-bond acceptors (Lipinski definition) is 10. The van der Waals surface area contributed by atoms with Crippen molar-refractivity contribution in [3.8, 4) is 23.1 Å². The summed E-state index contributed by atoms with van der Waals surface area (Å²) in [5.41, 5.74) is 8.17. The molecule has 0 bridgehead atoms. The van der Waals surface area contributed by atoms with Crippen molar-refractivity contribution in [2.75, 3.05) is 30.8 Å². The number of aliphatic hydroxyl groups excluding tert-OH is 1. The summed E-state index contributed by atoms with van der Waals surface area (Å²) < 4.78 is 5.28. The molecule has 11 heteroatoms. The van der Waals surface area contributed by atoms with E-state index in [0.717, 1.165) is 10.8 Å². The molecule has 0 amide bonds. The van der Waals surface area contributed by atoms with Gasteiger partial charge in [-0.05, 0) is 11.6 Å². The van der Waals surface area contributed by atoms with Crippen LogP contribution in [0.5, 0.6) is 5.88 Å². The maximum atomic E-state index is 9.89. The second-order valence-corrected chi connectivity index (χ2v) is 8.01. The van der Waals surface area contributed by atoms with Crippen molar-refractivity contribution in [2.24, 2.45) is 0 Å². The van der Waals surface area contributed by atoms with Crippen molar-refractivity contribution >= 4 is 39.7 Å². The minimum Gasteiger partial charge on any atom is -0.475 e. The molecule has 3 aromatic rings. The van der Waals surface area contributed by atoms with Gasteiger partial charge in [0.1, 0.15) is 23.5 Å². The molecule has 0 saturated heterocycles. The normalized spacial score (nSPS) is 10.2. The zero-order chi connectivity index (χ0) is 22.9. The number of nitrogen functional groups attached to an aromatic ring is 1. The first-order valence-corrected chi connectivity index (χ1v) is 11.2. The lowest BCUT2D eigenvalue weighted by Gasteiger charge is -2.13. The van der Waals surface area contributed by atoms with E-state index in [1.54, 1.807) is 18.2 Å². The standard InChI is InChI=1S/C21H19N7O2S2/c1-3-6-25-21-27-14(12-32-21)11-31-20-15(9-22)17(18(24-2)19(23)28-20)13-4-5-16(26-10-13)30-8-7-29/h3-5,10,12,29H,1,6-8,11H2,(H2,23,28)(H,25,27). The zero-order valence-electron chi connectivity index (χ0n) is 16.9. The van der Waals surface area contributed by atoms with Gasteiger partial charge in [0, 0.05) is 35.5 Å². The number of anilines is 2. The lowest BCUT2D eigenvalue weighted by molar-refractivity contribution is 0.196. The summed E-state index contributed by atoms with van der Waals surface area (Å²) in [7, 11) is 0. The van der Waals surface area contributed by atoms with Gasteiger partial charge in [0.25, 0.3) is 0 Å². The van der Waals surface area contributed by atoms with Crippen LogP contribution in [0.1, 0.15) is 11.3 Å². The Bertz CT molecular complexity index is 1180. The largest absolute Gasteiger partial charge is 0.475 e. The number of nitrogens with one attached hydrogen (secondary N) is 1. The Hall–Kier alpha value is -3.64. The third kappa shape index (κ3) is 5.34. The molecule has 0 fully saturated rings. The molecule has 0 unspecified atom stereocenters. The third-order valence-corrected chi connectivity index (χ3v) is 5.92. The summed E-state index contributed by atoms with van der Waals surface area (Å²) in [5, 5.41) is 25.0. The van der Waals surface area contributed by atoms with Gasteiger partial charge in [-0.1, -0.05) is 17.8 Å². The van der Waals surface area contributed by atoms with Crippen LogP contribution in [0.15, 0.2) is 41.4 Å². The third-order valence-electron chi connectivity index (χ3n) is 4.06. The van der Waals surface area contributed by atoms with Gasteiger partial charge >= 0.3 is 0 Å². The molecular formula is C21H19N7O2S2. The van der Waals surface area contributed by atoms with E-state index in [0.29, 0.717) is 34.3 Å². The maximum Gasteiger partial charge on any atom is 0.237 e. The SMILES string of the molecule is [C-]#[N+]c1c(N)nc(SCc2csc(NCC=C)n2)c(C#N)c1-c1ccc(OCCO)nc1. The Kier molecular flexibility index (Phi) is 8.00. The smallest absolute Gasteiger partial charge is 0.237 e. The summed E-state index contributed by atoms with van der Waals surface area (Å²) in [6.45, 7) is 11.8. The second-order valence-electron chi connectivity index (χ2n) is 6.18. The molecule has 32 heavy (non-hydrogen) atoms. The van der Waals surface area contributed by atoms with Crippen molar-refractivity contribution in [3.63, 3.8) is 0 Å². The number of nitrogens with two attached hydrogens (primary N) is 1. The molecular weight excluding hydrogens is 446 g/mol. The Morgan fingerprint density at radius 3 is 2.94 bits per heavy atom. The number of aliphatic hydroxyl groups is 1. The summed E-state index contributed by atoms with van der Waals surface area (Å²) in [4.78, 5) is 16.5. The molecule has 3 heterocycles. The molecule has 4 N–H and O–H groups in total. The highest BCUT2D eigenvalue weighted by Crippen LogP contribution is 2.41. The van der Waals surface area contributed by atoms with Gasteiger partial charge in [0.2, 0.25) is 11.6 Å². The van der Waals surface area contributed by atoms with Crippen LogP contribution in [-0.4, -0.2) is 39.8 Å². The Balaban J connectivity index is 1.92. The highest BCUT2D eigenvalue weighted by atomic mass is 32.2. The van der Waals surface area contributed by atoms with Crippen molar-refractivity contribution in [1.82, 2.24) is 15.0 Å². The molecule has 162 valence electrons. The number of hydrogen-bond donors (Lipinski definition) is 3. The van der Waals surface area contributed by atoms with Crippen LogP contribution in [0.3, 0.4) is 0 Å². The van der Waals surface area contributed by atoms with Crippen LogP contribution in [0, 0.1) is 17.9 Å². The summed E-state index contributed by atoms with van der Waals surface area (Å²) in [5.74, 6) is 0.853. The van der Waals surface area contributed by atoms with Gasteiger partial charge in [-0.3, -0.25) is 0 Å². The van der Waals surface area contributed by atoms with Crippen LogP contribution >= 0.6 is 23.1 Å². The molecule has 0 saturated carbocycles. The highest BCUT2D eigenvalue weighted by Gasteiger charge is 2.21. The topological polar surface area (TPSA) is 134 Å². The van der Waals surface area contributed by atoms with E-state index in [-0.39, 0.29) is 30.3 Å². The van der Waals surface area contributed by atoms with Crippen molar-refractivity contribution in [2.45, 2.75) is 10.8 Å². The monoisotopic (exact) mass is 465 g/mol. The van der Waals surface area contributed by atoms with Gasteiger partial charge in [0.05, 0.1) is 24.4 Å². The molecule has 0 atom stereocenters. The average Bonchev–Trinajstić information content (AvgIpc) is 3.27. The van der Waals surface area contributed by atoms with E-state index >= 15 is 0 Å². The fraction of sp³-hybridized carbons (Fsp3) is 0.190. The Labute approximate surface area is 193 Å². The van der Waals surface area contributed by atoms with E-state index < -0.39 is 0 Å². The Morgan fingerprint density at radius 2 is 2.28 bits per heavy atom. The van der Waals surface area contributed by atoms with E-state index in [2.05, 4.69) is 37.8 Å². The van der Waals surface area contributed by atoms with Crippen LogP contribution in [0.25, 0.3) is 16.0 Å². The number of nitrogens with zero attached hydrogens (tertiary/aromatic N) is 5. The first kappa shape index (κ1) is 23.0. The lowest BCUT2D eigenvalue weighted by atomic mass is 10.0. The van der Waals surface area contributed by atoms with Crippen LogP contribution in [0.4, 0.5) is 16.6 Å². The van der Waals surface area contributed by atoms with Crippen LogP contribution < -0.4 is 15.8 Å². The number of rotatable bonds is 10. The number of thiazole rings is 1. The predicted molar refractivity (Wildman–Crippen MR) is 126 cm³/mol. The van der Waals surface area contributed by atoms with Gasteiger partial charge in [-0.25, -0.2) is 19.8 Å². The zero-order valence-corrected chi connectivity index (χ0v) is 18.5. The Morgan fingerprint density at radius 1 is 1.44 bits per heavy atom. The van der Waals surface area contributed by atoms with Crippen molar-refractivity contribution in [3.05, 3.63) is 59.0 Å². The maximum absolute atomic E-state index is 9.89. The lowest BCUT2D eigenvalue weighted by Crippen LogP contribution is -2.03. The minimum atomic E-state index is -0.129. The molecule has 0 aliphatic heterocycles. The molecule has 0 radical (unpaired) electrons. The number of nitriles is 1. The molecule has 9 nitrogen and oxygen atoms in total. The van der Waals surface area contributed by atoms with Crippen LogP contribution in [-0.2, 0) is 5.75 Å². The van der Waals surface area contributed by atoms with Gasteiger partial charge < -0.3 is 20.9 Å². The van der Waals surface area contributed by atoms with Gasteiger partial charge in [-0.15, -0.1) is 17.9 Å². The molecule has 0 aromatic carbocycles. The molecule has 0 aliphatic carbocycles. The molecule has 0 spiro atoms. The number of aromatic nitrogens is 3. The highest BCUT2D eigenvalue weighted by molar-refractivity contribution is 7.98. The van der Waals surface area contributed by atoms with Crippen LogP contribution in [0.2, 0.25) is 0 Å². The first-order valence-electron chi connectivity index (χ1n) is 9.34. The van der Waals surface area contributed by atoms with E-state index in [1.165, 1.54) is 29.3 Å². The fourth-order valence-corrected chi connectivity index (χ4v) is 4.41. The van der Waals surface area contributed by atoms with Gasteiger partial charge in [-0.2, -0.15) is 5.26 Å². The van der Waals surface area contributed by atoms with Crippen molar-refractivity contribution < 1.29 is 9.84 Å². The molecule has 0 aliphatic rings.